The quantitative estimate of drug-likeness (QED) is 0.646. The second-order valence-corrected chi connectivity index (χ2v) is 6.14. The van der Waals surface area contributed by atoms with Gasteiger partial charge in [0, 0.05) is 18.7 Å². The molecule has 0 aromatic carbocycles. The van der Waals surface area contributed by atoms with Crippen molar-refractivity contribution >= 4 is 11.6 Å². The van der Waals surface area contributed by atoms with E-state index in [9.17, 15) is 0 Å². The number of halogens is 1. The van der Waals surface area contributed by atoms with Gasteiger partial charge in [0.05, 0.1) is 5.69 Å². The van der Waals surface area contributed by atoms with Crippen LogP contribution in [0.4, 0.5) is 0 Å². The second-order valence-electron chi connectivity index (χ2n) is 5.79. The molecule has 19 heavy (non-hydrogen) atoms. The van der Waals surface area contributed by atoms with Crippen molar-refractivity contribution in [2.24, 2.45) is 18.8 Å². The molecule has 1 unspecified atom stereocenters. The van der Waals surface area contributed by atoms with Gasteiger partial charge in [-0.15, -0.1) is 0 Å². The molecule has 1 fully saturated rings. The van der Waals surface area contributed by atoms with Crippen LogP contribution in [0.15, 0.2) is 0 Å². The molecule has 108 valence electrons. The Labute approximate surface area is 120 Å². The van der Waals surface area contributed by atoms with Crippen molar-refractivity contribution in [3.8, 4) is 0 Å². The van der Waals surface area contributed by atoms with Crippen molar-refractivity contribution in [3.63, 3.8) is 0 Å². The number of nitrogens with two attached hydrogens (primary N) is 1. The van der Waals surface area contributed by atoms with Crippen LogP contribution in [0.5, 0.6) is 0 Å². The molecule has 2 rings (SSSR count). The molecule has 1 atom stereocenters. The Morgan fingerprint density at radius 1 is 1.42 bits per heavy atom. The number of hydrazine groups is 1. The molecule has 0 bridgehead atoms. The molecular weight excluding hydrogens is 260 g/mol. The van der Waals surface area contributed by atoms with Crippen LogP contribution in [0.3, 0.4) is 0 Å². The molecule has 1 aliphatic rings. The van der Waals surface area contributed by atoms with Gasteiger partial charge >= 0.3 is 0 Å². The van der Waals surface area contributed by atoms with E-state index in [1.165, 1.54) is 32.1 Å². The zero-order valence-electron chi connectivity index (χ0n) is 12.0. The zero-order valence-corrected chi connectivity index (χ0v) is 12.7. The van der Waals surface area contributed by atoms with E-state index in [0.29, 0.717) is 6.04 Å². The highest BCUT2D eigenvalue weighted by Gasteiger charge is 2.21. The number of hydrogen-bond acceptors (Lipinski definition) is 3. The van der Waals surface area contributed by atoms with Crippen LogP contribution < -0.4 is 11.3 Å². The smallest absolute Gasteiger partial charge is 0.130 e. The minimum Gasteiger partial charge on any atom is -0.271 e. The third-order valence-corrected chi connectivity index (χ3v) is 4.77. The molecule has 1 heterocycles. The number of aryl methyl sites for hydroxylation is 2. The Bertz CT molecular complexity index is 410. The predicted molar refractivity (Wildman–Crippen MR) is 79.0 cm³/mol. The maximum absolute atomic E-state index is 6.29. The number of nitrogens with one attached hydrogen (secondary N) is 1. The maximum atomic E-state index is 6.29. The molecule has 3 N–H and O–H groups in total. The van der Waals surface area contributed by atoms with E-state index in [-0.39, 0.29) is 0 Å². The van der Waals surface area contributed by atoms with Crippen molar-refractivity contribution in [3.05, 3.63) is 16.4 Å². The van der Waals surface area contributed by atoms with Crippen LogP contribution in [-0.2, 0) is 13.5 Å². The summed E-state index contributed by atoms with van der Waals surface area (Å²) in [6, 6.07) is 0.295. The summed E-state index contributed by atoms with van der Waals surface area (Å²) in [5.74, 6) is 6.54. The minimum absolute atomic E-state index is 0.295. The molecule has 1 aromatic heterocycles. The second kappa shape index (κ2) is 6.73. The van der Waals surface area contributed by atoms with Crippen LogP contribution >= 0.6 is 11.6 Å². The van der Waals surface area contributed by atoms with E-state index in [1.807, 2.05) is 14.0 Å². The van der Waals surface area contributed by atoms with Gasteiger partial charge in [-0.05, 0) is 25.7 Å². The molecule has 0 amide bonds. The van der Waals surface area contributed by atoms with E-state index in [4.69, 9.17) is 17.4 Å². The fourth-order valence-electron chi connectivity index (χ4n) is 3.19. The lowest BCUT2D eigenvalue weighted by atomic mass is 9.84. The van der Waals surface area contributed by atoms with E-state index >= 15 is 0 Å². The molecule has 1 saturated carbocycles. The lowest BCUT2D eigenvalue weighted by molar-refractivity contribution is 0.297. The molecule has 4 nitrogen and oxygen atoms in total. The van der Waals surface area contributed by atoms with E-state index in [0.717, 1.165) is 35.2 Å². The first-order chi connectivity index (χ1) is 9.11. The molecule has 1 aromatic rings. The van der Waals surface area contributed by atoms with Gasteiger partial charge in [-0.3, -0.25) is 16.0 Å². The molecule has 1 aliphatic carbocycles. The van der Waals surface area contributed by atoms with Gasteiger partial charge in [-0.2, -0.15) is 5.10 Å². The molecule has 0 spiro atoms. The van der Waals surface area contributed by atoms with Crippen LogP contribution in [-0.4, -0.2) is 15.8 Å². The Kier molecular flexibility index (Phi) is 5.25. The van der Waals surface area contributed by atoms with Gasteiger partial charge in [0.1, 0.15) is 5.15 Å². The highest BCUT2D eigenvalue weighted by atomic mass is 35.5. The van der Waals surface area contributed by atoms with Gasteiger partial charge in [0.15, 0.2) is 0 Å². The van der Waals surface area contributed by atoms with E-state index in [2.05, 4.69) is 10.5 Å². The fourth-order valence-corrected chi connectivity index (χ4v) is 3.44. The number of aromatic nitrogens is 2. The number of nitrogens with zero attached hydrogens (tertiary/aromatic N) is 2. The summed E-state index contributed by atoms with van der Waals surface area (Å²) in [6.07, 6.45) is 8.83. The fraction of sp³-hybridized carbons (Fsp3) is 0.786. The summed E-state index contributed by atoms with van der Waals surface area (Å²) < 4.78 is 1.74. The van der Waals surface area contributed by atoms with Gasteiger partial charge in [-0.25, -0.2) is 0 Å². The van der Waals surface area contributed by atoms with Gasteiger partial charge in [-0.1, -0.05) is 43.7 Å². The predicted octanol–water partition coefficient (Wildman–Crippen LogP) is 2.73. The van der Waals surface area contributed by atoms with E-state index < -0.39 is 0 Å². The zero-order chi connectivity index (χ0) is 13.8. The third kappa shape index (κ3) is 3.71. The minimum atomic E-state index is 0.295. The van der Waals surface area contributed by atoms with Crippen molar-refractivity contribution < 1.29 is 0 Å². The third-order valence-electron chi connectivity index (χ3n) is 4.30. The van der Waals surface area contributed by atoms with Crippen LogP contribution in [0.25, 0.3) is 0 Å². The average Bonchev–Trinajstić information content (AvgIpc) is 2.65. The molecule has 0 radical (unpaired) electrons. The molecular formula is C14H25ClN4. The summed E-state index contributed by atoms with van der Waals surface area (Å²) in [4.78, 5) is 0. The first-order valence-corrected chi connectivity index (χ1v) is 7.63. The summed E-state index contributed by atoms with van der Waals surface area (Å²) >= 11 is 6.29. The van der Waals surface area contributed by atoms with Crippen LogP contribution in [0.2, 0.25) is 5.15 Å². The Hall–Kier alpha value is -0.580. The summed E-state index contributed by atoms with van der Waals surface area (Å²) in [6.45, 7) is 2.01. The summed E-state index contributed by atoms with van der Waals surface area (Å²) in [5.41, 5.74) is 5.10. The highest BCUT2D eigenvalue weighted by molar-refractivity contribution is 6.30. The van der Waals surface area contributed by atoms with Crippen molar-refractivity contribution in [2.45, 2.75) is 57.9 Å². The lowest BCUT2D eigenvalue weighted by Crippen LogP contribution is -2.38. The van der Waals surface area contributed by atoms with Crippen LogP contribution in [0.1, 0.15) is 49.8 Å². The Balaban J connectivity index is 1.98. The summed E-state index contributed by atoms with van der Waals surface area (Å²) in [5, 5.41) is 5.10. The first-order valence-electron chi connectivity index (χ1n) is 7.26. The Morgan fingerprint density at radius 2 is 2.11 bits per heavy atom. The Morgan fingerprint density at radius 3 is 2.63 bits per heavy atom. The maximum Gasteiger partial charge on any atom is 0.130 e. The monoisotopic (exact) mass is 284 g/mol. The van der Waals surface area contributed by atoms with Gasteiger partial charge < -0.3 is 0 Å². The van der Waals surface area contributed by atoms with Crippen LogP contribution in [0, 0.1) is 12.8 Å². The number of rotatable bonds is 5. The topological polar surface area (TPSA) is 55.9 Å². The lowest BCUT2D eigenvalue weighted by Gasteiger charge is -2.26. The van der Waals surface area contributed by atoms with Gasteiger partial charge in [0.2, 0.25) is 0 Å². The molecule has 0 saturated heterocycles. The summed E-state index contributed by atoms with van der Waals surface area (Å²) in [7, 11) is 1.88. The molecule has 5 heteroatoms. The molecule has 0 aliphatic heterocycles. The van der Waals surface area contributed by atoms with Crippen molar-refractivity contribution in [1.29, 1.82) is 0 Å². The standard InChI is InChI=1S/C14H25ClN4/c1-10-13(14(15)19(2)18-10)9-12(17-16)8-11-6-4-3-5-7-11/h11-12,17H,3-9,16H2,1-2H3. The van der Waals surface area contributed by atoms with E-state index in [1.54, 1.807) is 4.68 Å². The SMILES string of the molecule is Cc1nn(C)c(Cl)c1CC(CC1CCCCC1)NN. The normalized spacial score (nSPS) is 18.7. The average molecular weight is 285 g/mol. The van der Waals surface area contributed by atoms with Crippen molar-refractivity contribution in [1.82, 2.24) is 15.2 Å². The largest absolute Gasteiger partial charge is 0.271 e. The first kappa shape index (κ1) is 14.8. The number of hydrogen-bond donors (Lipinski definition) is 2. The van der Waals surface area contributed by atoms with Crippen molar-refractivity contribution in [2.75, 3.05) is 0 Å². The van der Waals surface area contributed by atoms with Gasteiger partial charge in [0.25, 0.3) is 0 Å². The highest BCUT2D eigenvalue weighted by Crippen LogP contribution is 2.29.